The number of fused-ring (bicyclic) bond motifs is 1. The molecular weight excluding hydrogens is 230 g/mol. The van der Waals surface area contributed by atoms with Crippen LogP contribution in [0.25, 0.3) is 0 Å². The number of rotatable bonds is 5. The molecule has 0 amide bonds. The average molecular weight is 251 g/mol. The molecule has 1 aromatic carbocycles. The van der Waals surface area contributed by atoms with Gasteiger partial charge in [0.1, 0.15) is 0 Å². The lowest BCUT2D eigenvalue weighted by atomic mass is 9.93. The zero-order valence-corrected chi connectivity index (χ0v) is 11.2. The highest BCUT2D eigenvalue weighted by Gasteiger charge is 2.22. The summed E-state index contributed by atoms with van der Waals surface area (Å²) >= 11 is 1.86. The van der Waals surface area contributed by atoms with Crippen LogP contribution >= 0.6 is 11.8 Å². The quantitative estimate of drug-likeness (QED) is 0.874. The fraction of sp³-hybridized carbons (Fsp3) is 0.571. The number of benzene rings is 1. The molecule has 0 saturated carbocycles. The van der Waals surface area contributed by atoms with Crippen molar-refractivity contribution in [3.8, 4) is 0 Å². The molecule has 94 valence electrons. The van der Waals surface area contributed by atoms with Crippen molar-refractivity contribution >= 4 is 11.8 Å². The second kappa shape index (κ2) is 6.43. The Bertz CT molecular complexity index is 356. The van der Waals surface area contributed by atoms with E-state index in [2.05, 4.69) is 30.5 Å². The maximum atomic E-state index is 6.15. The van der Waals surface area contributed by atoms with Crippen molar-refractivity contribution < 1.29 is 4.74 Å². The van der Waals surface area contributed by atoms with Crippen molar-refractivity contribution in [2.45, 2.75) is 31.4 Å². The van der Waals surface area contributed by atoms with E-state index < -0.39 is 0 Å². The van der Waals surface area contributed by atoms with E-state index in [1.165, 1.54) is 11.1 Å². The zero-order chi connectivity index (χ0) is 12.1. The Morgan fingerprint density at radius 3 is 3.12 bits per heavy atom. The molecule has 0 spiro atoms. The standard InChI is InChI=1S/C14H21NOS/c1-17-9-7-12(15)10-14-13-5-3-2-4-11(13)6-8-16-14/h2-5,12,14H,6-10,15H2,1H3. The minimum atomic E-state index is 0.205. The van der Waals surface area contributed by atoms with Gasteiger partial charge in [0.25, 0.3) is 0 Å². The van der Waals surface area contributed by atoms with Crippen molar-refractivity contribution in [3.05, 3.63) is 35.4 Å². The Kier molecular flexibility index (Phi) is 4.89. The largest absolute Gasteiger partial charge is 0.373 e. The predicted molar refractivity (Wildman–Crippen MR) is 74.4 cm³/mol. The van der Waals surface area contributed by atoms with Crippen LogP contribution in [-0.4, -0.2) is 24.7 Å². The Balaban J connectivity index is 1.98. The fourth-order valence-corrected chi connectivity index (χ4v) is 2.87. The molecule has 2 unspecified atom stereocenters. The van der Waals surface area contributed by atoms with Gasteiger partial charge < -0.3 is 10.5 Å². The lowest BCUT2D eigenvalue weighted by molar-refractivity contribution is 0.0319. The summed E-state index contributed by atoms with van der Waals surface area (Å²) < 4.78 is 5.87. The zero-order valence-electron chi connectivity index (χ0n) is 10.4. The first kappa shape index (κ1) is 12.9. The van der Waals surface area contributed by atoms with E-state index in [1.54, 1.807) is 0 Å². The molecule has 1 aromatic rings. The van der Waals surface area contributed by atoms with Gasteiger partial charge in [-0.15, -0.1) is 0 Å². The van der Waals surface area contributed by atoms with Crippen LogP contribution in [0.15, 0.2) is 24.3 Å². The Morgan fingerprint density at radius 2 is 2.29 bits per heavy atom. The highest BCUT2D eigenvalue weighted by molar-refractivity contribution is 7.98. The first-order valence-electron chi connectivity index (χ1n) is 6.25. The van der Waals surface area contributed by atoms with E-state index >= 15 is 0 Å². The van der Waals surface area contributed by atoms with E-state index in [1.807, 2.05) is 11.8 Å². The topological polar surface area (TPSA) is 35.2 Å². The first-order chi connectivity index (χ1) is 8.31. The maximum Gasteiger partial charge on any atom is 0.0842 e. The molecule has 0 bridgehead atoms. The van der Waals surface area contributed by atoms with Crippen LogP contribution in [0.4, 0.5) is 0 Å². The van der Waals surface area contributed by atoms with Crippen molar-refractivity contribution in [1.29, 1.82) is 0 Å². The van der Waals surface area contributed by atoms with Crippen molar-refractivity contribution in [2.24, 2.45) is 5.73 Å². The van der Waals surface area contributed by atoms with Gasteiger partial charge in [-0.2, -0.15) is 11.8 Å². The van der Waals surface area contributed by atoms with E-state index in [9.17, 15) is 0 Å². The SMILES string of the molecule is CSCCC(N)CC1OCCc2ccccc21. The van der Waals surface area contributed by atoms with Crippen LogP contribution in [0.5, 0.6) is 0 Å². The monoisotopic (exact) mass is 251 g/mol. The summed E-state index contributed by atoms with van der Waals surface area (Å²) in [4.78, 5) is 0. The molecule has 2 nitrogen and oxygen atoms in total. The minimum Gasteiger partial charge on any atom is -0.373 e. The van der Waals surface area contributed by atoms with Gasteiger partial charge in [-0.05, 0) is 42.4 Å². The highest BCUT2D eigenvalue weighted by Crippen LogP contribution is 2.30. The third kappa shape index (κ3) is 3.47. The van der Waals surface area contributed by atoms with Crippen molar-refractivity contribution in [2.75, 3.05) is 18.6 Å². The molecule has 0 aromatic heterocycles. The van der Waals surface area contributed by atoms with Crippen LogP contribution in [0.1, 0.15) is 30.1 Å². The lowest BCUT2D eigenvalue weighted by Crippen LogP contribution is -2.27. The smallest absolute Gasteiger partial charge is 0.0842 e. The van der Waals surface area contributed by atoms with E-state index in [4.69, 9.17) is 10.5 Å². The normalized spacial score (nSPS) is 20.9. The summed E-state index contributed by atoms with van der Waals surface area (Å²) in [7, 11) is 0. The highest BCUT2D eigenvalue weighted by atomic mass is 32.2. The van der Waals surface area contributed by atoms with Crippen LogP contribution < -0.4 is 5.73 Å². The maximum absolute atomic E-state index is 6.15. The molecular formula is C14H21NOS. The predicted octanol–water partition coefficient (Wildman–Crippen LogP) is 2.77. The summed E-state index contributed by atoms with van der Waals surface area (Å²) in [6.07, 6.45) is 5.38. The molecule has 3 heteroatoms. The van der Waals surface area contributed by atoms with E-state index in [-0.39, 0.29) is 12.1 Å². The molecule has 2 N–H and O–H groups in total. The van der Waals surface area contributed by atoms with Crippen LogP contribution in [0, 0.1) is 0 Å². The number of thioether (sulfide) groups is 1. The number of nitrogens with two attached hydrogens (primary N) is 1. The van der Waals surface area contributed by atoms with E-state index in [0.29, 0.717) is 0 Å². The van der Waals surface area contributed by atoms with Crippen molar-refractivity contribution in [3.63, 3.8) is 0 Å². The second-order valence-electron chi connectivity index (χ2n) is 4.59. The summed E-state index contributed by atoms with van der Waals surface area (Å²) in [6.45, 7) is 0.830. The summed E-state index contributed by atoms with van der Waals surface area (Å²) in [6, 6.07) is 8.83. The Labute approximate surface area is 108 Å². The van der Waals surface area contributed by atoms with Gasteiger partial charge in [0.15, 0.2) is 0 Å². The van der Waals surface area contributed by atoms with E-state index in [0.717, 1.165) is 31.6 Å². The number of ether oxygens (including phenoxy) is 1. The lowest BCUT2D eigenvalue weighted by Gasteiger charge is -2.28. The average Bonchev–Trinajstić information content (AvgIpc) is 2.37. The van der Waals surface area contributed by atoms with Gasteiger partial charge in [0.2, 0.25) is 0 Å². The molecule has 1 aliphatic heterocycles. The second-order valence-corrected chi connectivity index (χ2v) is 5.57. The first-order valence-corrected chi connectivity index (χ1v) is 7.64. The van der Waals surface area contributed by atoms with Gasteiger partial charge in [-0.25, -0.2) is 0 Å². The molecule has 0 aliphatic carbocycles. The molecule has 17 heavy (non-hydrogen) atoms. The third-order valence-electron chi connectivity index (χ3n) is 3.30. The molecule has 2 rings (SSSR count). The fourth-order valence-electron chi connectivity index (χ4n) is 2.33. The van der Waals surface area contributed by atoms with Gasteiger partial charge >= 0.3 is 0 Å². The van der Waals surface area contributed by atoms with Crippen LogP contribution in [0.3, 0.4) is 0 Å². The summed E-state index contributed by atoms with van der Waals surface area (Å²) in [5.74, 6) is 1.13. The molecule has 1 aliphatic rings. The molecule has 0 fully saturated rings. The molecule has 1 heterocycles. The number of hydrogen-bond donors (Lipinski definition) is 1. The summed E-state index contributed by atoms with van der Waals surface area (Å²) in [5, 5.41) is 0. The minimum absolute atomic E-state index is 0.205. The third-order valence-corrected chi connectivity index (χ3v) is 3.95. The van der Waals surface area contributed by atoms with Gasteiger partial charge in [-0.3, -0.25) is 0 Å². The molecule has 2 atom stereocenters. The molecule has 0 radical (unpaired) electrons. The van der Waals surface area contributed by atoms with Gasteiger partial charge in [0, 0.05) is 6.04 Å². The molecule has 0 saturated heterocycles. The summed E-state index contributed by atoms with van der Waals surface area (Å²) in [5.41, 5.74) is 8.93. The van der Waals surface area contributed by atoms with Crippen molar-refractivity contribution in [1.82, 2.24) is 0 Å². The number of hydrogen-bond acceptors (Lipinski definition) is 3. The Hall–Kier alpha value is -0.510. The Morgan fingerprint density at radius 1 is 1.47 bits per heavy atom. The van der Waals surface area contributed by atoms with Crippen LogP contribution in [-0.2, 0) is 11.2 Å². The van der Waals surface area contributed by atoms with Gasteiger partial charge in [0.05, 0.1) is 12.7 Å². The van der Waals surface area contributed by atoms with Gasteiger partial charge in [-0.1, -0.05) is 24.3 Å². The van der Waals surface area contributed by atoms with Crippen LogP contribution in [0.2, 0.25) is 0 Å².